The van der Waals surface area contributed by atoms with Gasteiger partial charge in [0.2, 0.25) is 5.91 Å². The molecule has 1 aromatic rings. The van der Waals surface area contributed by atoms with Crippen molar-refractivity contribution in [2.45, 2.75) is 37.1 Å². The van der Waals surface area contributed by atoms with Gasteiger partial charge in [-0.3, -0.25) is 9.59 Å². The number of benzene rings is 1. The van der Waals surface area contributed by atoms with E-state index < -0.39 is 0 Å². The Balaban J connectivity index is 1.46. The fraction of sp³-hybridized carbons (Fsp3) is 0.500. The molecule has 24 heavy (non-hydrogen) atoms. The van der Waals surface area contributed by atoms with E-state index in [0.717, 1.165) is 41.3 Å². The monoisotopic (exact) mass is 387 g/mol. The van der Waals surface area contributed by atoms with E-state index in [4.69, 9.17) is 5.26 Å². The first-order valence-corrected chi connectivity index (χ1v) is 9.08. The number of carbonyl (C=O) groups excluding carboxylic acids is 2. The smallest absolute Gasteiger partial charge is 0.254 e. The second kappa shape index (κ2) is 5.59. The maximum Gasteiger partial charge on any atom is 0.254 e. The van der Waals surface area contributed by atoms with Crippen LogP contribution < -0.4 is 5.32 Å². The molecule has 5 nitrogen and oxygen atoms in total. The van der Waals surface area contributed by atoms with E-state index in [9.17, 15) is 9.59 Å². The highest BCUT2D eigenvalue weighted by Crippen LogP contribution is 2.52. The van der Waals surface area contributed by atoms with Crippen LogP contribution >= 0.6 is 15.9 Å². The molecule has 0 atom stereocenters. The van der Waals surface area contributed by atoms with Crippen molar-refractivity contribution in [3.63, 3.8) is 0 Å². The maximum absolute atomic E-state index is 12.7. The largest absolute Gasteiger partial charge is 0.352 e. The molecule has 0 saturated heterocycles. The number of nitrogens with one attached hydrogen (secondary N) is 1. The molecule has 1 N–H and O–H groups in total. The van der Waals surface area contributed by atoms with Crippen molar-refractivity contribution in [1.82, 2.24) is 10.2 Å². The fourth-order valence-electron chi connectivity index (χ4n) is 3.83. The molecule has 0 radical (unpaired) electrons. The van der Waals surface area contributed by atoms with E-state index in [-0.39, 0.29) is 35.7 Å². The number of rotatable bonds is 3. The molecule has 2 fully saturated rings. The van der Waals surface area contributed by atoms with Crippen LogP contribution in [0.25, 0.3) is 0 Å². The van der Waals surface area contributed by atoms with Gasteiger partial charge < -0.3 is 10.2 Å². The highest BCUT2D eigenvalue weighted by Gasteiger charge is 2.51. The molecule has 1 spiro atoms. The molecular formula is C18H18BrN3O2. The van der Waals surface area contributed by atoms with Crippen LogP contribution in [0.15, 0.2) is 22.7 Å². The molecule has 2 aliphatic carbocycles. The van der Waals surface area contributed by atoms with Crippen molar-refractivity contribution >= 4 is 27.7 Å². The highest BCUT2D eigenvalue weighted by molar-refractivity contribution is 9.10. The van der Waals surface area contributed by atoms with Crippen molar-refractivity contribution in [3.05, 3.63) is 33.8 Å². The zero-order valence-corrected chi connectivity index (χ0v) is 14.8. The number of nitriles is 1. The molecular weight excluding hydrogens is 370 g/mol. The third kappa shape index (κ3) is 2.61. The van der Waals surface area contributed by atoms with Crippen molar-refractivity contribution in [2.75, 3.05) is 13.1 Å². The number of amides is 2. The topological polar surface area (TPSA) is 73.2 Å². The molecule has 0 aromatic heterocycles. The first-order chi connectivity index (χ1) is 11.5. The molecule has 124 valence electrons. The molecule has 0 bridgehead atoms. The summed E-state index contributed by atoms with van der Waals surface area (Å²) in [7, 11) is 0. The molecule has 2 saturated carbocycles. The van der Waals surface area contributed by atoms with Crippen molar-refractivity contribution < 1.29 is 9.59 Å². The van der Waals surface area contributed by atoms with Crippen LogP contribution in [0.5, 0.6) is 0 Å². The molecule has 1 aliphatic heterocycles. The molecule has 2 amide bonds. The predicted octanol–water partition coefficient (Wildman–Crippen LogP) is 2.35. The summed E-state index contributed by atoms with van der Waals surface area (Å²) in [5.74, 6) is -0.123. The number of halogens is 1. The van der Waals surface area contributed by atoms with Crippen LogP contribution in [0.4, 0.5) is 0 Å². The van der Waals surface area contributed by atoms with Gasteiger partial charge in [0.15, 0.2) is 0 Å². The molecule has 4 rings (SSSR count). The standard InChI is InChI=1S/C18H18BrN3O2/c19-12-1-2-14-15(7-12)18(3-4-18)10-22(17(14)24)9-16(23)21-13-5-11(6-13)8-20/h1-2,7,11,13H,3-6,9-10H2,(H,21,23). The molecule has 0 unspecified atom stereocenters. The SMILES string of the molecule is N#CC1CC(NC(=O)CN2CC3(CC3)c3cc(Br)ccc3C2=O)C1. The van der Waals surface area contributed by atoms with Crippen LogP contribution in [0, 0.1) is 17.2 Å². The summed E-state index contributed by atoms with van der Waals surface area (Å²) in [6, 6.07) is 8.08. The molecule has 1 heterocycles. The minimum absolute atomic E-state index is 0.0374. The third-order valence-electron chi connectivity index (χ3n) is 5.44. The summed E-state index contributed by atoms with van der Waals surface area (Å²) >= 11 is 3.49. The van der Waals surface area contributed by atoms with Gasteiger partial charge in [-0.05, 0) is 49.4 Å². The van der Waals surface area contributed by atoms with Gasteiger partial charge >= 0.3 is 0 Å². The Morgan fingerprint density at radius 3 is 2.83 bits per heavy atom. The van der Waals surface area contributed by atoms with Crippen molar-refractivity contribution in [2.24, 2.45) is 5.92 Å². The van der Waals surface area contributed by atoms with Crippen LogP contribution in [-0.2, 0) is 10.2 Å². The van der Waals surface area contributed by atoms with E-state index in [1.807, 2.05) is 18.2 Å². The first-order valence-electron chi connectivity index (χ1n) is 8.29. The Morgan fingerprint density at radius 2 is 2.17 bits per heavy atom. The number of hydrogen-bond donors (Lipinski definition) is 1. The van der Waals surface area contributed by atoms with Gasteiger partial charge in [-0.25, -0.2) is 0 Å². The lowest BCUT2D eigenvalue weighted by Crippen LogP contribution is -2.51. The summed E-state index contributed by atoms with van der Waals surface area (Å²) in [5.41, 5.74) is 1.88. The van der Waals surface area contributed by atoms with Gasteiger partial charge in [-0.15, -0.1) is 0 Å². The van der Waals surface area contributed by atoms with E-state index in [1.54, 1.807) is 4.90 Å². The van der Waals surface area contributed by atoms with Gasteiger partial charge in [0.1, 0.15) is 0 Å². The minimum Gasteiger partial charge on any atom is -0.352 e. The van der Waals surface area contributed by atoms with Crippen LogP contribution in [0.1, 0.15) is 41.6 Å². The van der Waals surface area contributed by atoms with Gasteiger partial charge in [-0.2, -0.15) is 5.26 Å². The average molecular weight is 388 g/mol. The van der Waals surface area contributed by atoms with E-state index >= 15 is 0 Å². The van der Waals surface area contributed by atoms with Gasteiger partial charge in [0.25, 0.3) is 5.91 Å². The zero-order valence-electron chi connectivity index (χ0n) is 13.2. The summed E-state index contributed by atoms with van der Waals surface area (Å²) in [5, 5.41) is 11.7. The minimum atomic E-state index is -0.124. The van der Waals surface area contributed by atoms with Crippen molar-refractivity contribution in [1.29, 1.82) is 5.26 Å². The second-order valence-corrected chi connectivity index (χ2v) is 8.11. The fourth-order valence-corrected chi connectivity index (χ4v) is 4.19. The second-order valence-electron chi connectivity index (χ2n) is 7.19. The van der Waals surface area contributed by atoms with E-state index in [1.165, 1.54) is 0 Å². The van der Waals surface area contributed by atoms with Gasteiger partial charge in [0.05, 0.1) is 18.5 Å². The number of carbonyl (C=O) groups is 2. The summed E-state index contributed by atoms with van der Waals surface area (Å²) in [6.07, 6.45) is 3.57. The summed E-state index contributed by atoms with van der Waals surface area (Å²) in [6.45, 7) is 0.720. The van der Waals surface area contributed by atoms with Gasteiger partial charge in [-0.1, -0.05) is 15.9 Å². The molecule has 3 aliphatic rings. The third-order valence-corrected chi connectivity index (χ3v) is 5.93. The Hall–Kier alpha value is -1.87. The average Bonchev–Trinajstić information content (AvgIpc) is 3.28. The Morgan fingerprint density at radius 1 is 1.42 bits per heavy atom. The zero-order chi connectivity index (χ0) is 16.9. The first kappa shape index (κ1) is 15.6. The molecule has 6 heteroatoms. The lowest BCUT2D eigenvalue weighted by molar-refractivity contribution is -0.123. The van der Waals surface area contributed by atoms with Crippen LogP contribution in [0.3, 0.4) is 0 Å². The quantitative estimate of drug-likeness (QED) is 0.864. The highest BCUT2D eigenvalue weighted by atomic mass is 79.9. The Kier molecular flexibility index (Phi) is 3.65. The number of fused-ring (bicyclic) bond motifs is 2. The Bertz CT molecular complexity index is 760. The predicted molar refractivity (Wildman–Crippen MR) is 91.2 cm³/mol. The summed E-state index contributed by atoms with van der Waals surface area (Å²) < 4.78 is 0.989. The maximum atomic E-state index is 12.7. The van der Waals surface area contributed by atoms with Crippen LogP contribution in [0.2, 0.25) is 0 Å². The van der Waals surface area contributed by atoms with E-state index in [0.29, 0.717) is 6.54 Å². The molecule has 1 aromatic carbocycles. The lowest BCUT2D eigenvalue weighted by atomic mass is 9.81. The van der Waals surface area contributed by atoms with Crippen molar-refractivity contribution in [3.8, 4) is 6.07 Å². The van der Waals surface area contributed by atoms with E-state index in [2.05, 4.69) is 27.3 Å². The number of nitrogens with zero attached hydrogens (tertiary/aromatic N) is 2. The lowest BCUT2D eigenvalue weighted by Gasteiger charge is -2.36. The Labute approximate surface area is 149 Å². The van der Waals surface area contributed by atoms with Gasteiger partial charge in [0, 0.05) is 28.0 Å². The normalized spacial score (nSPS) is 26.3. The van der Waals surface area contributed by atoms with Crippen LogP contribution in [-0.4, -0.2) is 35.8 Å². The summed E-state index contributed by atoms with van der Waals surface area (Å²) in [4.78, 5) is 26.7. The number of hydrogen-bond acceptors (Lipinski definition) is 3.